The lowest BCUT2D eigenvalue weighted by Gasteiger charge is -2.06. The lowest BCUT2D eigenvalue weighted by Crippen LogP contribution is -2.23. The van der Waals surface area contributed by atoms with Crippen LogP contribution < -0.4 is 4.72 Å². The second kappa shape index (κ2) is 7.22. The molecule has 0 fully saturated rings. The lowest BCUT2D eigenvalue weighted by atomic mass is 10.1. The van der Waals surface area contributed by atoms with Crippen LogP contribution in [0.25, 0.3) is 10.6 Å². The maximum Gasteiger partial charge on any atom is 0.241 e. The molecule has 136 valence electrons. The van der Waals surface area contributed by atoms with Crippen LogP contribution in [0.15, 0.2) is 47.4 Å². The van der Waals surface area contributed by atoms with Gasteiger partial charge in [0.1, 0.15) is 16.6 Å². The summed E-state index contributed by atoms with van der Waals surface area (Å²) in [5.41, 5.74) is 2.77. The van der Waals surface area contributed by atoms with Gasteiger partial charge in [-0.25, -0.2) is 26.9 Å². The molecule has 0 aliphatic carbocycles. The Labute approximate surface area is 154 Å². The molecule has 2 aromatic carbocycles. The van der Waals surface area contributed by atoms with Crippen molar-refractivity contribution < 1.29 is 17.2 Å². The van der Waals surface area contributed by atoms with E-state index >= 15 is 0 Å². The molecule has 3 aromatic rings. The van der Waals surface area contributed by atoms with Gasteiger partial charge in [0.05, 0.1) is 10.6 Å². The van der Waals surface area contributed by atoms with Gasteiger partial charge in [0.15, 0.2) is 0 Å². The average molecular weight is 394 g/mol. The number of aromatic nitrogens is 1. The summed E-state index contributed by atoms with van der Waals surface area (Å²) in [7, 11) is -4.03. The Hall–Kier alpha value is -2.16. The Bertz CT molecular complexity index is 1040. The van der Waals surface area contributed by atoms with E-state index in [4.69, 9.17) is 0 Å². The zero-order chi connectivity index (χ0) is 18.9. The first-order valence-corrected chi connectivity index (χ1v) is 10.0. The van der Waals surface area contributed by atoms with Gasteiger partial charge in [0.25, 0.3) is 0 Å². The molecular formula is C18H16F2N2O2S2. The molecule has 0 bridgehead atoms. The molecule has 0 amide bonds. The number of halogens is 2. The summed E-state index contributed by atoms with van der Waals surface area (Å²) >= 11 is 1.38. The highest BCUT2D eigenvalue weighted by molar-refractivity contribution is 7.89. The standard InChI is InChI=1S/C18H16F2N2O2S2/c1-11-5-3-4-6-16(11)18-22-12(2)17(25-18)10-21-26(23,24)15-8-13(19)7-14(20)9-15/h3-9,21H,10H2,1-2H3. The third-order valence-electron chi connectivity index (χ3n) is 3.84. The molecular weight excluding hydrogens is 378 g/mol. The first-order chi connectivity index (χ1) is 12.3. The summed E-state index contributed by atoms with van der Waals surface area (Å²) in [6.07, 6.45) is 0. The predicted molar refractivity (Wildman–Crippen MR) is 97.4 cm³/mol. The molecule has 0 spiro atoms. The van der Waals surface area contributed by atoms with Crippen LogP contribution in [0.4, 0.5) is 8.78 Å². The summed E-state index contributed by atoms with van der Waals surface area (Å²) in [5.74, 6) is -1.89. The van der Waals surface area contributed by atoms with E-state index in [1.54, 1.807) is 6.92 Å². The summed E-state index contributed by atoms with van der Waals surface area (Å²) < 4.78 is 53.5. The highest BCUT2D eigenvalue weighted by Gasteiger charge is 2.18. The molecule has 0 saturated carbocycles. The molecule has 0 aliphatic rings. The van der Waals surface area contributed by atoms with Crippen molar-refractivity contribution in [3.8, 4) is 10.6 Å². The van der Waals surface area contributed by atoms with Gasteiger partial charge >= 0.3 is 0 Å². The molecule has 0 radical (unpaired) electrons. The third-order valence-corrected chi connectivity index (χ3v) is 6.41. The van der Waals surface area contributed by atoms with Crippen molar-refractivity contribution >= 4 is 21.4 Å². The lowest BCUT2D eigenvalue weighted by molar-refractivity contribution is 0.561. The van der Waals surface area contributed by atoms with E-state index in [9.17, 15) is 17.2 Å². The quantitative estimate of drug-likeness (QED) is 0.706. The first kappa shape index (κ1) is 18.6. The minimum atomic E-state index is -4.03. The minimum absolute atomic E-state index is 0.00412. The van der Waals surface area contributed by atoms with Gasteiger partial charge in [0.2, 0.25) is 10.0 Å². The van der Waals surface area contributed by atoms with Gasteiger partial charge in [-0.3, -0.25) is 0 Å². The smallest absolute Gasteiger partial charge is 0.241 e. The SMILES string of the molecule is Cc1ccccc1-c1nc(C)c(CNS(=O)(=O)c2cc(F)cc(F)c2)s1. The largest absolute Gasteiger partial charge is 0.241 e. The maximum absolute atomic E-state index is 13.3. The fourth-order valence-corrected chi connectivity index (χ4v) is 4.67. The molecule has 26 heavy (non-hydrogen) atoms. The van der Waals surface area contributed by atoms with Crippen molar-refractivity contribution in [1.29, 1.82) is 0 Å². The minimum Gasteiger partial charge on any atom is -0.241 e. The molecule has 1 N–H and O–H groups in total. The number of nitrogens with one attached hydrogen (secondary N) is 1. The molecule has 8 heteroatoms. The van der Waals surface area contributed by atoms with Crippen molar-refractivity contribution in [2.75, 3.05) is 0 Å². The maximum atomic E-state index is 13.3. The van der Waals surface area contributed by atoms with Crippen LogP contribution in [0.1, 0.15) is 16.1 Å². The van der Waals surface area contributed by atoms with Crippen LogP contribution in [0, 0.1) is 25.5 Å². The van der Waals surface area contributed by atoms with Crippen LogP contribution in [-0.4, -0.2) is 13.4 Å². The van der Waals surface area contributed by atoms with E-state index in [-0.39, 0.29) is 6.54 Å². The molecule has 3 rings (SSSR count). The summed E-state index contributed by atoms with van der Waals surface area (Å²) in [5, 5.41) is 0.798. The van der Waals surface area contributed by atoms with E-state index in [1.807, 2.05) is 31.2 Å². The zero-order valence-corrected chi connectivity index (χ0v) is 15.7. The van der Waals surface area contributed by atoms with Crippen LogP contribution in [0.5, 0.6) is 0 Å². The highest BCUT2D eigenvalue weighted by atomic mass is 32.2. The van der Waals surface area contributed by atoms with Crippen LogP contribution >= 0.6 is 11.3 Å². The number of sulfonamides is 1. The summed E-state index contributed by atoms with van der Waals surface area (Å²) in [4.78, 5) is 4.80. The monoisotopic (exact) mass is 394 g/mol. The van der Waals surface area contributed by atoms with Crippen LogP contribution in [0.2, 0.25) is 0 Å². The molecule has 0 aliphatic heterocycles. The second-order valence-electron chi connectivity index (χ2n) is 5.77. The number of aryl methyl sites for hydroxylation is 2. The first-order valence-electron chi connectivity index (χ1n) is 7.74. The number of rotatable bonds is 5. The highest BCUT2D eigenvalue weighted by Crippen LogP contribution is 2.30. The van der Waals surface area contributed by atoms with E-state index < -0.39 is 26.6 Å². The van der Waals surface area contributed by atoms with E-state index in [0.29, 0.717) is 11.8 Å². The number of hydrogen-bond acceptors (Lipinski definition) is 4. The van der Waals surface area contributed by atoms with Gasteiger partial charge < -0.3 is 0 Å². The molecule has 0 atom stereocenters. The van der Waals surface area contributed by atoms with Gasteiger partial charge in [-0.05, 0) is 31.5 Å². The Morgan fingerprint density at radius 2 is 1.73 bits per heavy atom. The van der Waals surface area contributed by atoms with Crippen molar-refractivity contribution in [3.05, 3.63) is 70.2 Å². The van der Waals surface area contributed by atoms with Gasteiger partial charge in [-0.2, -0.15) is 0 Å². The van der Waals surface area contributed by atoms with E-state index in [2.05, 4.69) is 9.71 Å². The number of benzene rings is 2. The van der Waals surface area contributed by atoms with Gasteiger partial charge in [-0.15, -0.1) is 11.3 Å². The number of nitrogens with zero attached hydrogens (tertiary/aromatic N) is 1. The normalized spacial score (nSPS) is 11.7. The van der Waals surface area contributed by atoms with Crippen molar-refractivity contribution in [2.24, 2.45) is 0 Å². The Morgan fingerprint density at radius 3 is 2.38 bits per heavy atom. The van der Waals surface area contributed by atoms with Crippen molar-refractivity contribution in [1.82, 2.24) is 9.71 Å². The average Bonchev–Trinajstić information content (AvgIpc) is 2.93. The van der Waals surface area contributed by atoms with Crippen LogP contribution in [-0.2, 0) is 16.6 Å². The molecule has 4 nitrogen and oxygen atoms in total. The van der Waals surface area contributed by atoms with Crippen LogP contribution in [0.3, 0.4) is 0 Å². The molecule has 1 aromatic heterocycles. The summed E-state index contributed by atoms with van der Waals surface area (Å²) in [6, 6.07) is 9.98. The third kappa shape index (κ3) is 3.98. The topological polar surface area (TPSA) is 59.1 Å². The van der Waals surface area contributed by atoms with Gasteiger partial charge in [-0.1, -0.05) is 24.3 Å². The fraction of sp³-hybridized carbons (Fsp3) is 0.167. The second-order valence-corrected chi connectivity index (χ2v) is 8.62. The zero-order valence-electron chi connectivity index (χ0n) is 14.1. The molecule has 0 unspecified atom stereocenters. The van der Waals surface area contributed by atoms with Crippen molar-refractivity contribution in [2.45, 2.75) is 25.3 Å². The Kier molecular flexibility index (Phi) is 5.17. The van der Waals surface area contributed by atoms with E-state index in [1.165, 1.54) is 11.3 Å². The van der Waals surface area contributed by atoms with Crippen molar-refractivity contribution in [3.63, 3.8) is 0 Å². The predicted octanol–water partition coefficient (Wildman–Crippen LogP) is 4.18. The van der Waals surface area contributed by atoms with Gasteiger partial charge in [0, 0.05) is 23.1 Å². The van der Waals surface area contributed by atoms with E-state index in [0.717, 1.165) is 33.1 Å². The fourth-order valence-electron chi connectivity index (χ4n) is 2.45. The Balaban J connectivity index is 1.83. The summed E-state index contributed by atoms with van der Waals surface area (Å²) in [6.45, 7) is 3.77. The number of hydrogen-bond donors (Lipinski definition) is 1. The molecule has 0 saturated heterocycles. The Morgan fingerprint density at radius 1 is 1.08 bits per heavy atom. The number of thiazole rings is 1. The molecule has 1 heterocycles.